The van der Waals surface area contributed by atoms with Crippen molar-refractivity contribution in [1.82, 2.24) is 0 Å². The SMILES string of the molecule is Cc1ccccc1N(c1ccc(-c2cccc(-c3ccccc3)c2)cc1)c1cc(C)c(-c2c(C)cc(N(c3ccc(-c4cccc(-c5ccccc5)c4)cc3)c3ccccc3C)cc2C)c(C)c1. The molecule has 0 N–H and O–H groups in total. The molecule has 0 amide bonds. The monoisotopic (exact) mass is 876 g/mol. The van der Waals surface area contributed by atoms with Crippen LogP contribution in [0.2, 0.25) is 0 Å². The molecule has 0 aliphatic carbocycles. The van der Waals surface area contributed by atoms with Crippen LogP contribution in [-0.4, -0.2) is 0 Å². The molecule has 0 unspecified atom stereocenters. The summed E-state index contributed by atoms with van der Waals surface area (Å²) in [5, 5.41) is 0. The zero-order chi connectivity index (χ0) is 46.7. The molecular formula is C66H56N2. The van der Waals surface area contributed by atoms with E-state index in [9.17, 15) is 0 Å². The zero-order valence-corrected chi connectivity index (χ0v) is 39.8. The van der Waals surface area contributed by atoms with E-state index in [4.69, 9.17) is 0 Å². The largest absolute Gasteiger partial charge is 0.310 e. The first kappa shape index (κ1) is 43.7. The van der Waals surface area contributed by atoms with Crippen LogP contribution in [0, 0.1) is 41.5 Å². The molecule has 0 saturated carbocycles. The standard InChI is InChI=1S/C66H56N2/c1-45-19-13-15-29-63(45)67(59-35-31-53(32-36-59)57-27-17-25-55(43-57)51-21-9-7-10-22-51)61-39-47(3)65(48(4)40-61)66-49(5)41-62(42-50(66)6)68(64-30-16-14-20-46(64)2)60-37-33-54(34-38-60)58-28-18-26-56(44-58)52-23-11-8-12-24-52/h7-44H,1-6H3. The van der Waals surface area contributed by atoms with Crippen LogP contribution in [0.1, 0.15) is 33.4 Å². The highest BCUT2D eigenvalue weighted by atomic mass is 15.1. The topological polar surface area (TPSA) is 6.48 Å². The Hall–Kier alpha value is -8.20. The van der Waals surface area contributed by atoms with E-state index in [2.05, 4.69) is 282 Å². The smallest absolute Gasteiger partial charge is 0.0490 e. The highest BCUT2D eigenvalue weighted by Crippen LogP contribution is 2.45. The van der Waals surface area contributed by atoms with Gasteiger partial charge in [0.05, 0.1) is 0 Å². The van der Waals surface area contributed by atoms with Crippen molar-refractivity contribution in [3.05, 3.63) is 264 Å². The van der Waals surface area contributed by atoms with Gasteiger partial charge in [-0.05, 0) is 203 Å². The Morgan fingerprint density at radius 2 is 0.485 bits per heavy atom. The number of rotatable bonds is 11. The summed E-state index contributed by atoms with van der Waals surface area (Å²) in [4.78, 5) is 4.83. The molecule has 2 heteroatoms. The maximum atomic E-state index is 2.41. The van der Waals surface area contributed by atoms with Crippen LogP contribution in [0.5, 0.6) is 0 Å². The molecule has 0 heterocycles. The van der Waals surface area contributed by atoms with Gasteiger partial charge >= 0.3 is 0 Å². The van der Waals surface area contributed by atoms with E-state index in [-0.39, 0.29) is 0 Å². The molecule has 0 aliphatic rings. The number of benzene rings is 10. The van der Waals surface area contributed by atoms with E-state index < -0.39 is 0 Å². The predicted molar refractivity (Wildman–Crippen MR) is 291 cm³/mol. The molecule has 68 heavy (non-hydrogen) atoms. The van der Waals surface area contributed by atoms with Crippen LogP contribution in [0.15, 0.2) is 231 Å². The lowest BCUT2D eigenvalue weighted by atomic mass is 9.88. The van der Waals surface area contributed by atoms with Gasteiger partial charge in [-0.1, -0.05) is 158 Å². The van der Waals surface area contributed by atoms with Gasteiger partial charge in [0, 0.05) is 34.1 Å². The highest BCUT2D eigenvalue weighted by molar-refractivity contribution is 5.88. The van der Waals surface area contributed by atoms with E-state index in [0.29, 0.717) is 0 Å². The fourth-order valence-electron chi connectivity index (χ4n) is 10.0. The second kappa shape index (κ2) is 19.0. The molecule has 10 aromatic carbocycles. The van der Waals surface area contributed by atoms with Crippen LogP contribution in [0.4, 0.5) is 34.1 Å². The van der Waals surface area contributed by atoms with Crippen LogP contribution in [-0.2, 0) is 0 Å². The van der Waals surface area contributed by atoms with Crippen molar-refractivity contribution in [2.45, 2.75) is 41.5 Å². The first-order chi connectivity index (χ1) is 33.2. The van der Waals surface area contributed by atoms with Gasteiger partial charge in [-0.25, -0.2) is 0 Å². The third kappa shape index (κ3) is 8.77. The minimum Gasteiger partial charge on any atom is -0.310 e. The molecule has 0 saturated heterocycles. The summed E-state index contributed by atoms with van der Waals surface area (Å²) in [5.74, 6) is 0. The fourth-order valence-corrected chi connectivity index (χ4v) is 10.0. The van der Waals surface area contributed by atoms with Crippen LogP contribution in [0.3, 0.4) is 0 Å². The van der Waals surface area contributed by atoms with Crippen molar-refractivity contribution in [2.24, 2.45) is 0 Å². The third-order valence-electron chi connectivity index (χ3n) is 13.4. The summed E-state index contributed by atoms with van der Waals surface area (Å²) in [7, 11) is 0. The molecule has 0 radical (unpaired) electrons. The molecule has 0 bridgehead atoms. The summed E-state index contributed by atoms with van der Waals surface area (Å²) in [6.07, 6.45) is 0. The number of aryl methyl sites for hydroxylation is 6. The van der Waals surface area contributed by atoms with Crippen LogP contribution < -0.4 is 9.80 Å². The second-order valence-corrected chi connectivity index (χ2v) is 18.1. The quantitative estimate of drug-likeness (QED) is 0.128. The summed E-state index contributed by atoms with van der Waals surface area (Å²) < 4.78 is 0. The number of nitrogens with zero attached hydrogens (tertiary/aromatic N) is 2. The number of hydrogen-bond acceptors (Lipinski definition) is 2. The Morgan fingerprint density at radius 3 is 0.809 bits per heavy atom. The van der Waals surface area contributed by atoms with Gasteiger partial charge in [-0.2, -0.15) is 0 Å². The highest BCUT2D eigenvalue weighted by Gasteiger charge is 2.22. The maximum absolute atomic E-state index is 2.41. The Labute approximate surface area is 403 Å². The van der Waals surface area contributed by atoms with Crippen molar-refractivity contribution >= 4 is 34.1 Å². The van der Waals surface area contributed by atoms with E-state index in [1.165, 1.54) is 100 Å². The average molecular weight is 877 g/mol. The second-order valence-electron chi connectivity index (χ2n) is 18.1. The molecule has 0 spiro atoms. The molecule has 330 valence electrons. The summed E-state index contributed by atoms with van der Waals surface area (Å²) >= 11 is 0. The summed E-state index contributed by atoms with van der Waals surface area (Å²) in [5.41, 5.74) is 26.5. The van der Waals surface area contributed by atoms with Gasteiger partial charge in [0.25, 0.3) is 0 Å². The molecular weight excluding hydrogens is 821 g/mol. The Morgan fingerprint density at radius 1 is 0.206 bits per heavy atom. The Balaban J connectivity index is 0.995. The average Bonchev–Trinajstić information content (AvgIpc) is 3.37. The molecule has 0 atom stereocenters. The van der Waals surface area contributed by atoms with Crippen LogP contribution >= 0.6 is 0 Å². The van der Waals surface area contributed by atoms with Crippen molar-refractivity contribution < 1.29 is 0 Å². The van der Waals surface area contributed by atoms with Gasteiger partial charge in [-0.3, -0.25) is 0 Å². The molecule has 2 nitrogen and oxygen atoms in total. The van der Waals surface area contributed by atoms with Crippen molar-refractivity contribution in [3.63, 3.8) is 0 Å². The van der Waals surface area contributed by atoms with Gasteiger partial charge in [0.2, 0.25) is 0 Å². The Bertz CT molecular complexity index is 3110. The molecule has 10 rings (SSSR count). The first-order valence-corrected chi connectivity index (χ1v) is 23.7. The number of para-hydroxylation sites is 2. The molecule has 0 aromatic heterocycles. The predicted octanol–water partition coefficient (Wildman–Crippen LogP) is 18.8. The summed E-state index contributed by atoms with van der Waals surface area (Å²) in [6, 6.07) is 83.8. The van der Waals surface area contributed by atoms with E-state index in [0.717, 1.165) is 22.7 Å². The molecule has 0 aliphatic heterocycles. The van der Waals surface area contributed by atoms with E-state index in [1.54, 1.807) is 0 Å². The van der Waals surface area contributed by atoms with Gasteiger partial charge < -0.3 is 9.80 Å². The van der Waals surface area contributed by atoms with Crippen molar-refractivity contribution in [2.75, 3.05) is 9.80 Å². The fraction of sp³-hybridized carbons (Fsp3) is 0.0909. The van der Waals surface area contributed by atoms with Crippen LogP contribution in [0.25, 0.3) is 55.6 Å². The normalized spacial score (nSPS) is 11.1. The summed E-state index contributed by atoms with van der Waals surface area (Å²) in [6.45, 7) is 13.5. The number of anilines is 6. The van der Waals surface area contributed by atoms with Gasteiger partial charge in [0.1, 0.15) is 0 Å². The lowest BCUT2D eigenvalue weighted by Crippen LogP contribution is -2.13. The minimum absolute atomic E-state index is 1.12. The lowest BCUT2D eigenvalue weighted by molar-refractivity contribution is 1.22. The Kier molecular flexibility index (Phi) is 12.2. The van der Waals surface area contributed by atoms with Gasteiger partial charge in [-0.15, -0.1) is 0 Å². The lowest BCUT2D eigenvalue weighted by Gasteiger charge is -2.30. The number of hydrogen-bond donors (Lipinski definition) is 0. The maximum Gasteiger partial charge on any atom is 0.0490 e. The zero-order valence-electron chi connectivity index (χ0n) is 39.8. The van der Waals surface area contributed by atoms with E-state index >= 15 is 0 Å². The first-order valence-electron chi connectivity index (χ1n) is 23.7. The van der Waals surface area contributed by atoms with Crippen molar-refractivity contribution in [3.8, 4) is 55.6 Å². The minimum atomic E-state index is 1.12. The van der Waals surface area contributed by atoms with Gasteiger partial charge in [0.15, 0.2) is 0 Å². The molecule has 10 aromatic rings. The van der Waals surface area contributed by atoms with Crippen molar-refractivity contribution in [1.29, 1.82) is 0 Å². The molecule has 0 fully saturated rings. The third-order valence-corrected chi connectivity index (χ3v) is 13.4. The van der Waals surface area contributed by atoms with E-state index in [1.807, 2.05) is 0 Å².